The molecule has 0 aliphatic carbocycles. The van der Waals surface area contributed by atoms with Crippen LogP contribution in [0, 0.1) is 0 Å². The number of rotatable bonds is 6. The third-order valence-electron chi connectivity index (χ3n) is 4.73. The summed E-state index contributed by atoms with van der Waals surface area (Å²) in [7, 11) is 1.64. The number of halogens is 1. The lowest BCUT2D eigenvalue weighted by molar-refractivity contribution is -0.122. The molecule has 1 aliphatic rings. The SMILES string of the molecule is CNC(=O)CN1CCN(C(=O)c2ccc(CSc3ccc(Cl)cc3)cc2)CC1. The van der Waals surface area contributed by atoms with Crippen molar-refractivity contribution in [1.82, 2.24) is 15.1 Å². The maximum Gasteiger partial charge on any atom is 0.253 e. The summed E-state index contributed by atoms with van der Waals surface area (Å²) in [6.07, 6.45) is 0. The molecule has 0 radical (unpaired) electrons. The lowest BCUT2D eigenvalue weighted by Crippen LogP contribution is -2.50. The Morgan fingerprint density at radius 2 is 1.64 bits per heavy atom. The summed E-state index contributed by atoms with van der Waals surface area (Å²) in [5, 5.41) is 3.37. The van der Waals surface area contributed by atoms with Gasteiger partial charge >= 0.3 is 0 Å². The second-order valence-corrected chi connectivity index (χ2v) is 8.17. The first-order valence-electron chi connectivity index (χ1n) is 9.24. The fourth-order valence-corrected chi connectivity index (χ4v) is 4.00. The largest absolute Gasteiger partial charge is 0.358 e. The number of thioether (sulfide) groups is 1. The lowest BCUT2D eigenvalue weighted by Gasteiger charge is -2.34. The number of amides is 2. The van der Waals surface area contributed by atoms with E-state index < -0.39 is 0 Å². The molecule has 0 spiro atoms. The molecule has 1 aliphatic heterocycles. The normalized spacial score (nSPS) is 14.7. The maximum atomic E-state index is 12.7. The van der Waals surface area contributed by atoms with Gasteiger partial charge in [0.15, 0.2) is 0 Å². The van der Waals surface area contributed by atoms with Crippen LogP contribution in [0.5, 0.6) is 0 Å². The highest BCUT2D eigenvalue weighted by Gasteiger charge is 2.23. The van der Waals surface area contributed by atoms with E-state index in [0.29, 0.717) is 25.2 Å². The van der Waals surface area contributed by atoms with Crippen molar-refractivity contribution in [3.63, 3.8) is 0 Å². The molecule has 1 heterocycles. The number of nitrogens with one attached hydrogen (secondary N) is 1. The monoisotopic (exact) mass is 417 g/mol. The van der Waals surface area contributed by atoms with Crippen LogP contribution in [-0.2, 0) is 10.5 Å². The number of nitrogens with zero attached hydrogens (tertiary/aromatic N) is 2. The number of benzene rings is 2. The van der Waals surface area contributed by atoms with Crippen molar-refractivity contribution in [2.45, 2.75) is 10.6 Å². The fourth-order valence-electron chi connectivity index (χ4n) is 3.01. The Hall–Kier alpha value is -2.02. The zero-order valence-electron chi connectivity index (χ0n) is 15.9. The quantitative estimate of drug-likeness (QED) is 0.733. The van der Waals surface area contributed by atoms with Crippen LogP contribution in [0.2, 0.25) is 5.02 Å². The summed E-state index contributed by atoms with van der Waals surface area (Å²) in [6.45, 7) is 3.11. The Kier molecular flexibility index (Phi) is 7.36. The van der Waals surface area contributed by atoms with E-state index in [1.54, 1.807) is 18.8 Å². The van der Waals surface area contributed by atoms with Gasteiger partial charge in [-0.15, -0.1) is 11.8 Å². The van der Waals surface area contributed by atoms with E-state index in [2.05, 4.69) is 10.2 Å². The predicted molar refractivity (Wildman–Crippen MR) is 114 cm³/mol. The van der Waals surface area contributed by atoms with Crippen LogP contribution >= 0.6 is 23.4 Å². The minimum Gasteiger partial charge on any atom is -0.358 e. The summed E-state index contributed by atoms with van der Waals surface area (Å²) >= 11 is 7.65. The molecule has 5 nitrogen and oxygen atoms in total. The molecule has 1 fully saturated rings. The molecule has 2 amide bonds. The van der Waals surface area contributed by atoms with Gasteiger partial charge in [-0.2, -0.15) is 0 Å². The number of hydrogen-bond donors (Lipinski definition) is 1. The summed E-state index contributed by atoms with van der Waals surface area (Å²) < 4.78 is 0. The molecule has 2 aromatic rings. The number of carbonyl (C=O) groups excluding carboxylic acids is 2. The lowest BCUT2D eigenvalue weighted by atomic mass is 10.1. The van der Waals surface area contributed by atoms with Crippen LogP contribution in [0.3, 0.4) is 0 Å². The highest BCUT2D eigenvalue weighted by molar-refractivity contribution is 7.98. The molecule has 0 atom stereocenters. The third-order valence-corrected chi connectivity index (χ3v) is 6.06. The Morgan fingerprint density at radius 1 is 1.00 bits per heavy atom. The predicted octanol–water partition coefficient (Wildman–Crippen LogP) is 3.14. The second-order valence-electron chi connectivity index (χ2n) is 6.68. The molecule has 0 unspecified atom stereocenters. The highest BCUT2D eigenvalue weighted by atomic mass is 35.5. The van der Waals surface area contributed by atoms with E-state index in [-0.39, 0.29) is 11.8 Å². The average molecular weight is 418 g/mol. The van der Waals surface area contributed by atoms with Crippen molar-refractivity contribution < 1.29 is 9.59 Å². The molecular weight excluding hydrogens is 394 g/mol. The van der Waals surface area contributed by atoms with Crippen molar-refractivity contribution in [3.05, 3.63) is 64.7 Å². The fraction of sp³-hybridized carbons (Fsp3) is 0.333. The van der Waals surface area contributed by atoms with Gasteiger partial charge in [0.05, 0.1) is 6.54 Å². The molecule has 2 aromatic carbocycles. The summed E-state index contributed by atoms with van der Waals surface area (Å²) in [5.74, 6) is 0.900. The van der Waals surface area contributed by atoms with E-state index in [1.807, 2.05) is 53.4 Å². The summed E-state index contributed by atoms with van der Waals surface area (Å²) in [5.41, 5.74) is 1.88. The molecule has 0 aromatic heterocycles. The average Bonchev–Trinajstić information content (AvgIpc) is 2.73. The van der Waals surface area contributed by atoms with E-state index in [0.717, 1.165) is 23.9 Å². The van der Waals surface area contributed by atoms with Gasteiger partial charge in [0, 0.05) is 54.5 Å². The summed E-state index contributed by atoms with van der Waals surface area (Å²) in [6, 6.07) is 15.6. The van der Waals surface area contributed by atoms with E-state index in [1.165, 1.54) is 10.5 Å². The second kappa shape index (κ2) is 9.96. The standard InChI is InChI=1S/C21H24ClN3O2S/c1-23-20(26)14-24-10-12-25(13-11-24)21(27)17-4-2-16(3-5-17)15-28-19-8-6-18(22)7-9-19/h2-9H,10-15H2,1H3,(H,23,26). The molecule has 148 valence electrons. The Labute approximate surface area is 175 Å². The van der Waals surface area contributed by atoms with Crippen LogP contribution in [0.1, 0.15) is 15.9 Å². The van der Waals surface area contributed by atoms with Gasteiger partial charge in [0.2, 0.25) is 5.91 Å². The number of piperazine rings is 1. The van der Waals surface area contributed by atoms with Gasteiger partial charge < -0.3 is 10.2 Å². The van der Waals surface area contributed by atoms with E-state index in [9.17, 15) is 9.59 Å². The smallest absolute Gasteiger partial charge is 0.253 e. The number of likely N-dealkylation sites (N-methyl/N-ethyl adjacent to an activating group) is 1. The molecule has 1 N–H and O–H groups in total. The van der Waals surface area contributed by atoms with Crippen LogP contribution < -0.4 is 5.32 Å². The molecule has 7 heteroatoms. The van der Waals surface area contributed by atoms with Crippen molar-refractivity contribution in [2.75, 3.05) is 39.8 Å². The Bertz CT molecular complexity index is 803. The van der Waals surface area contributed by atoms with Gasteiger partial charge in [-0.05, 0) is 42.0 Å². The zero-order valence-corrected chi connectivity index (χ0v) is 17.4. The van der Waals surface area contributed by atoms with E-state index in [4.69, 9.17) is 11.6 Å². The van der Waals surface area contributed by atoms with Gasteiger partial charge in [0.25, 0.3) is 5.91 Å². The highest BCUT2D eigenvalue weighted by Crippen LogP contribution is 2.24. The van der Waals surface area contributed by atoms with Crippen molar-refractivity contribution in [3.8, 4) is 0 Å². The number of hydrogen-bond acceptors (Lipinski definition) is 4. The summed E-state index contributed by atoms with van der Waals surface area (Å²) in [4.78, 5) is 29.3. The van der Waals surface area contributed by atoms with Gasteiger partial charge in [-0.3, -0.25) is 14.5 Å². The number of carbonyl (C=O) groups is 2. The molecule has 0 saturated carbocycles. The van der Waals surface area contributed by atoms with E-state index >= 15 is 0 Å². The van der Waals surface area contributed by atoms with Crippen molar-refractivity contribution in [2.24, 2.45) is 0 Å². The Morgan fingerprint density at radius 3 is 2.25 bits per heavy atom. The molecule has 28 heavy (non-hydrogen) atoms. The van der Waals surface area contributed by atoms with Gasteiger partial charge in [-0.1, -0.05) is 23.7 Å². The Balaban J connectivity index is 1.50. The maximum absolute atomic E-state index is 12.7. The van der Waals surface area contributed by atoms with Crippen molar-refractivity contribution >= 4 is 35.2 Å². The molecule has 3 rings (SSSR count). The molecule has 1 saturated heterocycles. The molecule has 0 bridgehead atoms. The first kappa shape index (κ1) is 20.7. The molecular formula is C21H24ClN3O2S. The minimum absolute atomic E-state index is 0.00633. The first-order chi connectivity index (χ1) is 13.5. The van der Waals surface area contributed by atoms with Gasteiger partial charge in [0.1, 0.15) is 0 Å². The topological polar surface area (TPSA) is 52.7 Å². The minimum atomic E-state index is 0.00633. The van der Waals surface area contributed by atoms with Crippen LogP contribution in [-0.4, -0.2) is 61.4 Å². The van der Waals surface area contributed by atoms with Crippen LogP contribution in [0.15, 0.2) is 53.4 Å². The zero-order chi connectivity index (χ0) is 19.9. The van der Waals surface area contributed by atoms with Crippen LogP contribution in [0.4, 0.5) is 0 Å². The van der Waals surface area contributed by atoms with Gasteiger partial charge in [-0.25, -0.2) is 0 Å². The van der Waals surface area contributed by atoms with Crippen molar-refractivity contribution in [1.29, 1.82) is 0 Å². The third kappa shape index (κ3) is 5.74. The van der Waals surface area contributed by atoms with Crippen LogP contribution in [0.25, 0.3) is 0 Å². The first-order valence-corrected chi connectivity index (χ1v) is 10.6.